The number of thioether (sulfide) groups is 1. The lowest BCUT2D eigenvalue weighted by Crippen LogP contribution is -2.42. The van der Waals surface area contributed by atoms with Crippen LogP contribution in [0.1, 0.15) is 13.3 Å². The number of carbonyl (C=O) groups excluding carboxylic acids is 1. The minimum absolute atomic E-state index is 0.0159. The highest BCUT2D eigenvalue weighted by atomic mass is 32.2. The summed E-state index contributed by atoms with van der Waals surface area (Å²) in [6, 6.07) is 0. The SMILES string of the molecule is CSCC(C)(O)CNC(=O)CCOCC(F)F. The fourth-order valence-electron chi connectivity index (χ4n) is 1.08. The molecule has 0 aromatic heterocycles. The van der Waals surface area contributed by atoms with Gasteiger partial charge >= 0.3 is 0 Å². The van der Waals surface area contributed by atoms with Gasteiger partial charge in [0.25, 0.3) is 6.43 Å². The lowest BCUT2D eigenvalue weighted by molar-refractivity contribution is -0.123. The first-order chi connectivity index (χ1) is 7.87. The van der Waals surface area contributed by atoms with Gasteiger partial charge < -0.3 is 15.2 Å². The highest BCUT2D eigenvalue weighted by molar-refractivity contribution is 7.98. The Morgan fingerprint density at radius 2 is 2.24 bits per heavy atom. The quantitative estimate of drug-likeness (QED) is 0.611. The summed E-state index contributed by atoms with van der Waals surface area (Å²) in [5, 5.41) is 12.3. The third-order valence-corrected chi connectivity index (χ3v) is 2.75. The number of nitrogens with one attached hydrogen (secondary N) is 1. The molecule has 0 aromatic carbocycles. The molecule has 0 spiro atoms. The Balaban J connectivity index is 3.59. The normalized spacial score (nSPS) is 14.7. The van der Waals surface area contributed by atoms with Gasteiger partial charge in [-0.25, -0.2) is 8.78 Å². The van der Waals surface area contributed by atoms with E-state index in [2.05, 4.69) is 10.1 Å². The molecule has 0 saturated heterocycles. The third kappa shape index (κ3) is 10.5. The average molecular weight is 271 g/mol. The standard InChI is InChI=1S/C10H19F2NO3S/c1-10(15,7-17-2)6-13-9(14)3-4-16-5-8(11)12/h8,15H,3-7H2,1-2H3,(H,13,14). The smallest absolute Gasteiger partial charge is 0.261 e. The van der Waals surface area contributed by atoms with Crippen molar-refractivity contribution in [2.45, 2.75) is 25.4 Å². The molecule has 4 nitrogen and oxygen atoms in total. The van der Waals surface area contributed by atoms with Gasteiger partial charge in [0.15, 0.2) is 0 Å². The molecule has 1 amide bonds. The molecule has 17 heavy (non-hydrogen) atoms. The van der Waals surface area contributed by atoms with Gasteiger partial charge in [-0.2, -0.15) is 11.8 Å². The third-order valence-electron chi connectivity index (χ3n) is 1.84. The maximum atomic E-state index is 11.7. The van der Waals surface area contributed by atoms with Gasteiger partial charge in [0.1, 0.15) is 6.61 Å². The second-order valence-electron chi connectivity index (χ2n) is 3.92. The van der Waals surface area contributed by atoms with Gasteiger partial charge in [-0.3, -0.25) is 4.79 Å². The van der Waals surface area contributed by atoms with E-state index in [1.807, 2.05) is 6.26 Å². The first-order valence-corrected chi connectivity index (χ1v) is 6.60. The van der Waals surface area contributed by atoms with Crippen LogP contribution < -0.4 is 5.32 Å². The number of halogens is 2. The van der Waals surface area contributed by atoms with Crippen LogP contribution in [-0.2, 0) is 9.53 Å². The first-order valence-electron chi connectivity index (χ1n) is 5.21. The van der Waals surface area contributed by atoms with E-state index in [0.29, 0.717) is 5.75 Å². The van der Waals surface area contributed by atoms with Crippen LogP contribution in [0.5, 0.6) is 0 Å². The zero-order valence-electron chi connectivity index (χ0n) is 10.0. The van der Waals surface area contributed by atoms with Gasteiger partial charge in [-0.15, -0.1) is 0 Å². The second kappa shape index (κ2) is 8.66. The molecule has 0 fully saturated rings. The summed E-state index contributed by atoms with van der Waals surface area (Å²) >= 11 is 1.48. The van der Waals surface area contributed by atoms with E-state index in [0.717, 1.165) is 0 Å². The summed E-state index contributed by atoms with van der Waals surface area (Å²) < 4.78 is 27.9. The van der Waals surface area contributed by atoms with Crippen LogP contribution in [0.25, 0.3) is 0 Å². The van der Waals surface area contributed by atoms with Crippen molar-refractivity contribution in [3.05, 3.63) is 0 Å². The van der Waals surface area contributed by atoms with Crippen LogP contribution in [0.15, 0.2) is 0 Å². The van der Waals surface area contributed by atoms with Gasteiger partial charge in [0, 0.05) is 18.7 Å². The van der Waals surface area contributed by atoms with E-state index < -0.39 is 18.6 Å². The number of aliphatic hydroxyl groups is 1. The Hall–Kier alpha value is -0.400. The Kier molecular flexibility index (Phi) is 8.45. The summed E-state index contributed by atoms with van der Waals surface area (Å²) in [6.07, 6.45) is -0.642. The molecule has 0 radical (unpaired) electrons. The fourth-order valence-corrected chi connectivity index (χ4v) is 1.80. The van der Waals surface area contributed by atoms with Gasteiger partial charge in [-0.05, 0) is 13.2 Å². The Labute approximate surface area is 104 Å². The number of ether oxygens (including phenoxy) is 1. The molecule has 7 heteroatoms. The van der Waals surface area contributed by atoms with Crippen molar-refractivity contribution in [1.82, 2.24) is 5.32 Å². The van der Waals surface area contributed by atoms with Crippen LogP contribution in [0.2, 0.25) is 0 Å². The van der Waals surface area contributed by atoms with Crippen LogP contribution in [0.4, 0.5) is 8.78 Å². The van der Waals surface area contributed by atoms with E-state index in [-0.39, 0.29) is 25.5 Å². The lowest BCUT2D eigenvalue weighted by atomic mass is 10.1. The molecule has 0 rings (SSSR count). The molecular weight excluding hydrogens is 252 g/mol. The van der Waals surface area contributed by atoms with Crippen molar-refractivity contribution in [2.24, 2.45) is 0 Å². The first kappa shape index (κ1) is 16.6. The Morgan fingerprint density at radius 3 is 2.76 bits per heavy atom. The predicted molar refractivity (Wildman–Crippen MR) is 63.5 cm³/mol. The zero-order chi connectivity index (χ0) is 13.3. The molecular formula is C10H19F2NO3S. The van der Waals surface area contributed by atoms with Crippen molar-refractivity contribution in [2.75, 3.05) is 31.8 Å². The molecule has 0 saturated carbocycles. The summed E-state index contributed by atoms with van der Waals surface area (Å²) in [5.74, 6) is 0.190. The summed E-state index contributed by atoms with van der Waals surface area (Å²) in [5.41, 5.74) is -0.959. The molecule has 0 heterocycles. The van der Waals surface area contributed by atoms with E-state index in [1.54, 1.807) is 6.92 Å². The molecule has 1 unspecified atom stereocenters. The Bertz CT molecular complexity index is 228. The van der Waals surface area contributed by atoms with Crippen LogP contribution in [-0.4, -0.2) is 54.8 Å². The van der Waals surface area contributed by atoms with Crippen molar-refractivity contribution in [1.29, 1.82) is 0 Å². The molecule has 1 atom stereocenters. The zero-order valence-corrected chi connectivity index (χ0v) is 10.9. The fraction of sp³-hybridized carbons (Fsp3) is 0.900. The summed E-state index contributed by atoms with van der Waals surface area (Å²) in [4.78, 5) is 11.2. The van der Waals surface area contributed by atoms with Gasteiger partial charge in [0.2, 0.25) is 5.91 Å². The maximum absolute atomic E-state index is 11.7. The number of carbonyl (C=O) groups is 1. The minimum atomic E-state index is -2.51. The predicted octanol–water partition coefficient (Wildman–Crippen LogP) is 0.888. The molecule has 0 bridgehead atoms. The summed E-state index contributed by atoms with van der Waals surface area (Å²) in [7, 11) is 0. The highest BCUT2D eigenvalue weighted by Crippen LogP contribution is 2.08. The number of hydrogen-bond acceptors (Lipinski definition) is 4. The molecule has 0 aliphatic rings. The van der Waals surface area contributed by atoms with E-state index in [1.165, 1.54) is 11.8 Å². The minimum Gasteiger partial charge on any atom is -0.387 e. The molecule has 0 aromatic rings. The average Bonchev–Trinajstić information content (AvgIpc) is 2.21. The largest absolute Gasteiger partial charge is 0.387 e. The number of rotatable bonds is 9. The molecule has 0 aliphatic carbocycles. The maximum Gasteiger partial charge on any atom is 0.261 e. The van der Waals surface area contributed by atoms with Gasteiger partial charge in [0.05, 0.1) is 12.2 Å². The topological polar surface area (TPSA) is 58.6 Å². The molecule has 2 N–H and O–H groups in total. The molecule has 0 aliphatic heterocycles. The number of hydrogen-bond donors (Lipinski definition) is 2. The summed E-state index contributed by atoms with van der Waals surface area (Å²) in [6.45, 7) is 1.07. The van der Waals surface area contributed by atoms with Crippen molar-refractivity contribution < 1.29 is 23.4 Å². The van der Waals surface area contributed by atoms with Crippen molar-refractivity contribution in [3.63, 3.8) is 0 Å². The van der Waals surface area contributed by atoms with Crippen LogP contribution in [0, 0.1) is 0 Å². The lowest BCUT2D eigenvalue weighted by Gasteiger charge is -2.22. The van der Waals surface area contributed by atoms with E-state index in [9.17, 15) is 18.7 Å². The monoisotopic (exact) mass is 271 g/mol. The van der Waals surface area contributed by atoms with Crippen molar-refractivity contribution >= 4 is 17.7 Å². The molecule has 102 valence electrons. The van der Waals surface area contributed by atoms with Crippen LogP contribution >= 0.6 is 11.8 Å². The second-order valence-corrected chi connectivity index (χ2v) is 4.79. The van der Waals surface area contributed by atoms with Crippen molar-refractivity contribution in [3.8, 4) is 0 Å². The van der Waals surface area contributed by atoms with E-state index >= 15 is 0 Å². The van der Waals surface area contributed by atoms with Crippen LogP contribution in [0.3, 0.4) is 0 Å². The number of alkyl halides is 2. The Morgan fingerprint density at radius 1 is 1.59 bits per heavy atom. The van der Waals surface area contributed by atoms with E-state index in [4.69, 9.17) is 0 Å². The highest BCUT2D eigenvalue weighted by Gasteiger charge is 2.20. The van der Waals surface area contributed by atoms with Gasteiger partial charge in [-0.1, -0.05) is 0 Å². The number of amides is 1.